The molecule has 0 saturated heterocycles. The molecule has 0 amide bonds. The maximum atomic E-state index is 15.7. The molecule has 8 aromatic carbocycles. The number of rotatable bonds is 12. The molecule has 5 nitrogen and oxygen atoms in total. The molecule has 10 aromatic rings. The number of benzene rings is 8. The van der Waals surface area contributed by atoms with Gasteiger partial charge in [0.1, 0.15) is 35.6 Å². The van der Waals surface area contributed by atoms with E-state index in [2.05, 4.69) is 257 Å². The molecule has 11 rings (SSSR count). The lowest BCUT2D eigenvalue weighted by Crippen LogP contribution is -2.25. The number of fused-ring (bicyclic) bond motifs is 4. The van der Waals surface area contributed by atoms with Crippen molar-refractivity contribution in [3.8, 4) is 50.7 Å². The summed E-state index contributed by atoms with van der Waals surface area (Å²) in [5.74, 6) is 2.04. The molecule has 0 fully saturated rings. The Balaban J connectivity index is 1.14. The van der Waals surface area contributed by atoms with Crippen molar-refractivity contribution < 1.29 is 13.5 Å². The molecule has 7 heteroatoms. The monoisotopic (exact) mass is 1070 g/mol. The Morgan fingerprint density at radius 3 is 1.65 bits per heavy atom. The van der Waals surface area contributed by atoms with Gasteiger partial charge in [-0.25, -0.2) is 13.8 Å². The van der Waals surface area contributed by atoms with Gasteiger partial charge in [0.2, 0.25) is 0 Å². The van der Waals surface area contributed by atoms with E-state index in [1.54, 1.807) is 0 Å². The van der Waals surface area contributed by atoms with Gasteiger partial charge in [0.15, 0.2) is 0 Å². The van der Waals surface area contributed by atoms with Crippen LogP contribution in [0.4, 0.5) is 31.5 Å². The van der Waals surface area contributed by atoms with Crippen LogP contribution in [0.15, 0.2) is 170 Å². The van der Waals surface area contributed by atoms with Gasteiger partial charge < -0.3 is 14.5 Å². The van der Waals surface area contributed by atoms with E-state index in [0.717, 1.165) is 84.3 Å². The second-order valence-corrected chi connectivity index (χ2v) is 25.6. The third-order valence-corrected chi connectivity index (χ3v) is 16.4. The topological polar surface area (TPSA) is 33.5 Å². The zero-order chi connectivity index (χ0) is 57.4. The van der Waals surface area contributed by atoms with Crippen LogP contribution in [-0.2, 0) is 10.8 Å². The molecule has 412 valence electrons. The van der Waals surface area contributed by atoms with Crippen molar-refractivity contribution in [3.63, 3.8) is 0 Å². The first kappa shape index (κ1) is 54.9. The van der Waals surface area contributed by atoms with Crippen molar-refractivity contribution in [1.82, 2.24) is 9.55 Å². The fraction of sp³-hybridized carbons (Fsp3) is 0.284. The Hall–Kier alpha value is -8.03. The van der Waals surface area contributed by atoms with E-state index in [4.69, 9.17) is 9.72 Å². The second kappa shape index (κ2) is 21.1. The minimum Gasteiger partial charge on any atom is -0.457 e. The number of hydrogen-bond acceptors (Lipinski definition) is 4. The minimum absolute atomic E-state index is 0.0664. The Kier molecular flexibility index (Phi) is 14.3. The number of pyridine rings is 1. The Morgan fingerprint density at radius 1 is 0.469 bits per heavy atom. The van der Waals surface area contributed by atoms with Crippen LogP contribution in [-0.4, -0.2) is 16.2 Å². The Bertz CT molecular complexity index is 3960. The normalized spacial score (nSPS) is 13.0. The SMILES string of the molecule is CC(C)c1cc(-c2cc(C(C)(C)C)cc(-c3cc(F)cc(F)c3)c2N2CN(c3cc(Oc4ccc5c6ccccc6n(-c6cc(C(C)(C)C)ccn6)c5c4)cc(-c4c(C(C)C)cccc4C(C)C)c3)c3ccccc32)cc(C(C)C)c1. The quantitative estimate of drug-likeness (QED) is 0.122. The predicted molar refractivity (Wildman–Crippen MR) is 337 cm³/mol. The highest BCUT2D eigenvalue weighted by Crippen LogP contribution is 2.53. The van der Waals surface area contributed by atoms with Crippen LogP contribution in [0.2, 0.25) is 0 Å². The molecule has 81 heavy (non-hydrogen) atoms. The Morgan fingerprint density at radius 2 is 1.05 bits per heavy atom. The molecule has 0 unspecified atom stereocenters. The van der Waals surface area contributed by atoms with Crippen molar-refractivity contribution in [2.75, 3.05) is 16.5 Å². The molecule has 0 aliphatic carbocycles. The van der Waals surface area contributed by atoms with Gasteiger partial charge in [-0.15, -0.1) is 0 Å². The zero-order valence-corrected chi connectivity index (χ0v) is 49.6. The number of anilines is 4. The van der Waals surface area contributed by atoms with Crippen molar-refractivity contribution in [1.29, 1.82) is 0 Å². The van der Waals surface area contributed by atoms with E-state index in [1.165, 1.54) is 45.5 Å². The predicted octanol–water partition coefficient (Wildman–Crippen LogP) is 21.6. The van der Waals surface area contributed by atoms with E-state index in [1.807, 2.05) is 6.20 Å². The lowest BCUT2D eigenvalue weighted by Gasteiger charge is -2.31. The standard InChI is InChI=1S/C74H76F2N4O/c1-44(2)48-30-49(45(3)4)32-50(31-48)64-37-54(74(12,13)14)38-65(51-33-55(75)40-56(76)34-51)72(64)79-43-78(67-24-17-18-25-68(67)79)57-35-52(71-60(46(5)6)21-19-22-61(71)47(7)8)36-59(41-57)81-58-26-27-63-62-20-15-16-23-66(62)80(69(63)42-58)70-39-53(28-29-77-70)73(9,10)11/h15-42,44-47H,43H2,1-14H3. The van der Waals surface area contributed by atoms with Gasteiger partial charge in [-0.05, 0) is 169 Å². The molecular weight excluding hydrogens is 999 g/mol. The molecule has 1 aliphatic heterocycles. The summed E-state index contributed by atoms with van der Waals surface area (Å²) >= 11 is 0. The number of halogens is 2. The number of aromatic nitrogens is 2. The van der Waals surface area contributed by atoms with Gasteiger partial charge in [-0.1, -0.05) is 164 Å². The molecule has 0 saturated carbocycles. The summed E-state index contributed by atoms with van der Waals surface area (Å²) in [5, 5.41) is 2.26. The largest absolute Gasteiger partial charge is 0.457 e. The van der Waals surface area contributed by atoms with Crippen LogP contribution >= 0.6 is 0 Å². The molecule has 0 spiro atoms. The number of para-hydroxylation sites is 3. The third kappa shape index (κ3) is 10.5. The summed E-state index contributed by atoms with van der Waals surface area (Å²) in [4.78, 5) is 9.70. The molecular formula is C74H76F2N4O. The molecule has 1 aliphatic rings. The molecule has 0 atom stereocenters. The second-order valence-electron chi connectivity index (χ2n) is 25.6. The average molecular weight is 1080 g/mol. The van der Waals surface area contributed by atoms with Crippen LogP contribution in [0.3, 0.4) is 0 Å². The molecule has 2 aromatic heterocycles. The average Bonchev–Trinajstić information content (AvgIpc) is 4.24. The highest BCUT2D eigenvalue weighted by molar-refractivity contribution is 6.09. The highest BCUT2D eigenvalue weighted by atomic mass is 19.1. The molecule has 3 heterocycles. The molecule has 0 bridgehead atoms. The maximum Gasteiger partial charge on any atom is 0.137 e. The number of ether oxygens (including phenoxy) is 1. The first-order chi connectivity index (χ1) is 38.5. The summed E-state index contributed by atoms with van der Waals surface area (Å²) in [6.45, 7) is 31.7. The van der Waals surface area contributed by atoms with Crippen LogP contribution in [0, 0.1) is 11.6 Å². The first-order valence-corrected chi connectivity index (χ1v) is 28.9. The van der Waals surface area contributed by atoms with Gasteiger partial charge >= 0.3 is 0 Å². The summed E-state index contributed by atoms with van der Waals surface area (Å²) in [7, 11) is 0. The van der Waals surface area contributed by atoms with E-state index in [9.17, 15) is 0 Å². The van der Waals surface area contributed by atoms with Gasteiger partial charge in [-0.2, -0.15) is 0 Å². The van der Waals surface area contributed by atoms with Crippen LogP contribution in [0.25, 0.3) is 61.0 Å². The van der Waals surface area contributed by atoms with E-state index in [-0.39, 0.29) is 34.5 Å². The fourth-order valence-corrected chi connectivity index (χ4v) is 11.9. The van der Waals surface area contributed by atoms with Crippen molar-refractivity contribution in [2.24, 2.45) is 0 Å². The van der Waals surface area contributed by atoms with Crippen LogP contribution in [0.5, 0.6) is 11.5 Å². The maximum absolute atomic E-state index is 15.7. The number of hydrogen-bond donors (Lipinski definition) is 0. The fourth-order valence-electron chi connectivity index (χ4n) is 11.9. The van der Waals surface area contributed by atoms with Crippen molar-refractivity contribution >= 4 is 44.6 Å². The summed E-state index contributed by atoms with van der Waals surface area (Å²) < 4.78 is 40.9. The van der Waals surface area contributed by atoms with Gasteiger partial charge in [-0.3, -0.25) is 4.57 Å². The van der Waals surface area contributed by atoms with Crippen molar-refractivity contribution in [3.05, 3.63) is 215 Å². The van der Waals surface area contributed by atoms with Gasteiger partial charge in [0.05, 0.1) is 28.1 Å². The van der Waals surface area contributed by atoms with Crippen LogP contribution in [0.1, 0.15) is 154 Å². The first-order valence-electron chi connectivity index (χ1n) is 28.9. The van der Waals surface area contributed by atoms with E-state index in [0.29, 0.717) is 23.7 Å². The lowest BCUT2D eigenvalue weighted by molar-refractivity contribution is 0.483. The van der Waals surface area contributed by atoms with Gasteiger partial charge in [0.25, 0.3) is 0 Å². The molecule has 0 N–H and O–H groups in total. The Labute approximate surface area is 478 Å². The minimum atomic E-state index is -0.621. The molecule has 0 radical (unpaired) electrons. The highest BCUT2D eigenvalue weighted by Gasteiger charge is 2.34. The van der Waals surface area contributed by atoms with Crippen LogP contribution < -0.4 is 14.5 Å². The number of nitrogens with zero attached hydrogens (tertiary/aromatic N) is 4. The van der Waals surface area contributed by atoms with Crippen molar-refractivity contribution in [2.45, 2.75) is 131 Å². The summed E-state index contributed by atoms with van der Waals surface area (Å²) in [5.41, 5.74) is 18.4. The zero-order valence-electron chi connectivity index (χ0n) is 49.6. The lowest BCUT2D eigenvalue weighted by atomic mass is 9.81. The summed E-state index contributed by atoms with van der Waals surface area (Å²) in [6.07, 6.45) is 1.92. The smallest absolute Gasteiger partial charge is 0.137 e. The van der Waals surface area contributed by atoms with E-state index >= 15 is 8.78 Å². The van der Waals surface area contributed by atoms with Gasteiger partial charge in [0, 0.05) is 52.0 Å². The third-order valence-electron chi connectivity index (χ3n) is 16.4. The van der Waals surface area contributed by atoms with E-state index < -0.39 is 11.6 Å². The summed E-state index contributed by atoms with van der Waals surface area (Å²) in [6, 6.07) is 56.5.